The molecule has 110 valence electrons. The molecule has 0 aliphatic rings. The molecule has 0 saturated heterocycles. The second kappa shape index (κ2) is 6.60. The van der Waals surface area contributed by atoms with Crippen LogP contribution < -0.4 is 5.32 Å². The molecule has 0 radical (unpaired) electrons. The molecule has 1 N–H and O–H groups in total. The molecular weight excluding hydrogens is 305 g/mol. The van der Waals surface area contributed by atoms with E-state index in [1.807, 2.05) is 30.8 Å². The standard InChI is InChI=1S/C15H16FN3S2/c1-17-13(10-21-14-4-2-11(16)3-5-14)8-12-9-19-6-7-20-15(19)18-12/h2-7,9,13,17H,8,10H2,1H3. The molecule has 21 heavy (non-hydrogen) atoms. The molecule has 3 aromatic rings. The van der Waals surface area contributed by atoms with Crippen LogP contribution in [0, 0.1) is 5.82 Å². The molecule has 3 nitrogen and oxygen atoms in total. The van der Waals surface area contributed by atoms with Gasteiger partial charge in [0.05, 0.1) is 5.69 Å². The number of aromatic nitrogens is 2. The van der Waals surface area contributed by atoms with Gasteiger partial charge in [0, 0.05) is 40.9 Å². The van der Waals surface area contributed by atoms with Crippen LogP contribution >= 0.6 is 23.1 Å². The SMILES string of the molecule is CNC(CSc1ccc(F)cc1)Cc1cn2ccsc2n1. The van der Waals surface area contributed by atoms with E-state index in [1.165, 1.54) is 12.1 Å². The highest BCUT2D eigenvalue weighted by atomic mass is 32.2. The predicted molar refractivity (Wildman–Crippen MR) is 86.7 cm³/mol. The van der Waals surface area contributed by atoms with Gasteiger partial charge in [-0.05, 0) is 31.3 Å². The summed E-state index contributed by atoms with van der Waals surface area (Å²) in [5.74, 6) is 0.732. The fourth-order valence-corrected chi connectivity index (χ4v) is 3.82. The largest absolute Gasteiger partial charge is 0.316 e. The molecule has 0 amide bonds. The van der Waals surface area contributed by atoms with Crippen LogP contribution in [0.1, 0.15) is 5.69 Å². The first-order valence-corrected chi connectivity index (χ1v) is 8.58. The molecule has 1 atom stereocenters. The summed E-state index contributed by atoms with van der Waals surface area (Å²) in [5, 5.41) is 5.36. The predicted octanol–water partition coefficient (Wildman–Crippen LogP) is 3.46. The van der Waals surface area contributed by atoms with Crippen molar-refractivity contribution in [2.24, 2.45) is 0 Å². The number of nitrogens with zero attached hydrogens (tertiary/aromatic N) is 2. The van der Waals surface area contributed by atoms with Gasteiger partial charge in [0.15, 0.2) is 4.96 Å². The molecule has 0 spiro atoms. The number of hydrogen-bond donors (Lipinski definition) is 1. The van der Waals surface area contributed by atoms with Crippen LogP contribution in [0.25, 0.3) is 4.96 Å². The number of nitrogens with one attached hydrogen (secondary N) is 1. The fraction of sp³-hybridized carbons (Fsp3) is 0.267. The van der Waals surface area contributed by atoms with Crippen LogP contribution in [0.2, 0.25) is 0 Å². The Morgan fingerprint density at radius 3 is 2.90 bits per heavy atom. The van der Waals surface area contributed by atoms with Crippen molar-refractivity contribution in [3.8, 4) is 0 Å². The number of benzene rings is 1. The van der Waals surface area contributed by atoms with Crippen molar-refractivity contribution < 1.29 is 4.39 Å². The molecule has 1 unspecified atom stereocenters. The highest BCUT2D eigenvalue weighted by Gasteiger charge is 2.11. The topological polar surface area (TPSA) is 29.3 Å². The number of thiazole rings is 1. The molecule has 0 fully saturated rings. The zero-order valence-electron chi connectivity index (χ0n) is 11.6. The van der Waals surface area contributed by atoms with E-state index in [2.05, 4.69) is 20.9 Å². The summed E-state index contributed by atoms with van der Waals surface area (Å²) < 4.78 is 14.9. The molecule has 2 heterocycles. The van der Waals surface area contributed by atoms with E-state index < -0.39 is 0 Å². The smallest absolute Gasteiger partial charge is 0.193 e. The summed E-state index contributed by atoms with van der Waals surface area (Å²) in [6.07, 6.45) is 5.00. The van der Waals surface area contributed by atoms with Crippen molar-refractivity contribution >= 4 is 28.1 Å². The number of likely N-dealkylation sites (N-methyl/N-ethyl adjacent to an activating group) is 1. The van der Waals surface area contributed by atoms with Crippen LogP contribution in [-0.2, 0) is 6.42 Å². The average Bonchev–Trinajstić information content (AvgIpc) is 3.06. The number of hydrogen-bond acceptors (Lipinski definition) is 4. The number of thioether (sulfide) groups is 1. The Kier molecular flexibility index (Phi) is 4.57. The maximum Gasteiger partial charge on any atom is 0.193 e. The first kappa shape index (κ1) is 14.6. The molecule has 3 rings (SSSR count). The van der Waals surface area contributed by atoms with Crippen molar-refractivity contribution in [1.82, 2.24) is 14.7 Å². The number of rotatable bonds is 6. The van der Waals surface area contributed by atoms with Crippen molar-refractivity contribution in [3.63, 3.8) is 0 Å². The second-order valence-electron chi connectivity index (χ2n) is 4.78. The van der Waals surface area contributed by atoms with Crippen LogP contribution in [0.3, 0.4) is 0 Å². The minimum Gasteiger partial charge on any atom is -0.316 e. The third-order valence-corrected chi connectivity index (χ3v) is 5.22. The molecular formula is C15H16FN3S2. The van der Waals surface area contributed by atoms with Crippen molar-refractivity contribution in [3.05, 3.63) is 53.6 Å². The first-order chi connectivity index (χ1) is 10.2. The van der Waals surface area contributed by atoms with E-state index in [9.17, 15) is 4.39 Å². The van der Waals surface area contributed by atoms with Gasteiger partial charge in [-0.3, -0.25) is 4.40 Å². The van der Waals surface area contributed by atoms with Crippen molar-refractivity contribution in [2.75, 3.05) is 12.8 Å². The number of halogens is 1. The van der Waals surface area contributed by atoms with E-state index in [0.717, 1.165) is 27.7 Å². The Morgan fingerprint density at radius 1 is 1.38 bits per heavy atom. The van der Waals surface area contributed by atoms with Gasteiger partial charge < -0.3 is 5.32 Å². The third kappa shape index (κ3) is 3.64. The number of fused-ring (bicyclic) bond motifs is 1. The minimum atomic E-state index is -0.192. The Labute approximate surface area is 131 Å². The van der Waals surface area contributed by atoms with Gasteiger partial charge in [0.1, 0.15) is 5.82 Å². The first-order valence-electron chi connectivity index (χ1n) is 6.71. The maximum atomic E-state index is 12.9. The van der Waals surface area contributed by atoms with Crippen molar-refractivity contribution in [1.29, 1.82) is 0 Å². The Hall–Kier alpha value is -1.37. The van der Waals surface area contributed by atoms with Gasteiger partial charge in [-0.2, -0.15) is 0 Å². The average molecular weight is 321 g/mol. The molecule has 2 aromatic heterocycles. The summed E-state index contributed by atoms with van der Waals surface area (Å²) in [4.78, 5) is 6.73. The van der Waals surface area contributed by atoms with Gasteiger partial charge in [0.2, 0.25) is 0 Å². The van der Waals surface area contributed by atoms with Gasteiger partial charge in [-0.15, -0.1) is 23.1 Å². The molecule has 0 aliphatic heterocycles. The summed E-state index contributed by atoms with van der Waals surface area (Å²) in [6.45, 7) is 0. The third-order valence-electron chi connectivity index (χ3n) is 3.27. The second-order valence-corrected chi connectivity index (χ2v) is 6.75. The fourth-order valence-electron chi connectivity index (χ4n) is 2.10. The summed E-state index contributed by atoms with van der Waals surface area (Å²) in [7, 11) is 1.97. The zero-order valence-corrected chi connectivity index (χ0v) is 13.3. The normalized spacial score (nSPS) is 12.9. The van der Waals surface area contributed by atoms with Gasteiger partial charge in [0.25, 0.3) is 0 Å². The van der Waals surface area contributed by atoms with Crippen LogP contribution in [-0.4, -0.2) is 28.2 Å². The summed E-state index contributed by atoms with van der Waals surface area (Å²) in [6, 6.07) is 6.98. The van der Waals surface area contributed by atoms with E-state index in [0.29, 0.717) is 6.04 Å². The van der Waals surface area contributed by atoms with Gasteiger partial charge >= 0.3 is 0 Å². The summed E-state index contributed by atoms with van der Waals surface area (Å²) in [5.41, 5.74) is 1.10. The van der Waals surface area contributed by atoms with Crippen LogP contribution in [0.4, 0.5) is 4.39 Å². The maximum absolute atomic E-state index is 12.9. The Bertz CT molecular complexity index is 677. The van der Waals surface area contributed by atoms with Gasteiger partial charge in [-0.1, -0.05) is 0 Å². The highest BCUT2D eigenvalue weighted by molar-refractivity contribution is 7.99. The number of imidazole rings is 1. The Morgan fingerprint density at radius 2 is 2.19 bits per heavy atom. The molecule has 1 aromatic carbocycles. The van der Waals surface area contributed by atoms with Crippen LogP contribution in [0.15, 0.2) is 46.9 Å². The monoisotopic (exact) mass is 321 g/mol. The zero-order chi connectivity index (χ0) is 14.7. The van der Waals surface area contributed by atoms with Crippen molar-refractivity contribution in [2.45, 2.75) is 17.4 Å². The minimum absolute atomic E-state index is 0.192. The lowest BCUT2D eigenvalue weighted by atomic mass is 10.2. The van der Waals surface area contributed by atoms with E-state index in [4.69, 9.17) is 0 Å². The lowest BCUT2D eigenvalue weighted by Gasteiger charge is -2.14. The lowest BCUT2D eigenvalue weighted by Crippen LogP contribution is -2.30. The van der Waals surface area contributed by atoms with E-state index in [-0.39, 0.29) is 5.82 Å². The highest BCUT2D eigenvalue weighted by Crippen LogP contribution is 2.20. The molecule has 0 aliphatic carbocycles. The van der Waals surface area contributed by atoms with Gasteiger partial charge in [-0.25, -0.2) is 9.37 Å². The molecule has 0 saturated carbocycles. The molecule has 0 bridgehead atoms. The van der Waals surface area contributed by atoms with Crippen LogP contribution in [0.5, 0.6) is 0 Å². The van der Waals surface area contributed by atoms with E-state index in [1.54, 1.807) is 23.1 Å². The lowest BCUT2D eigenvalue weighted by molar-refractivity contribution is 0.610. The summed E-state index contributed by atoms with van der Waals surface area (Å²) >= 11 is 3.37. The Balaban J connectivity index is 1.59. The molecule has 6 heteroatoms. The van der Waals surface area contributed by atoms with E-state index >= 15 is 0 Å². The quantitative estimate of drug-likeness (QED) is 0.705.